The lowest BCUT2D eigenvalue weighted by Crippen LogP contribution is -2.24. The first-order chi connectivity index (χ1) is 9.83. The number of rotatable bonds is 5. The summed E-state index contributed by atoms with van der Waals surface area (Å²) >= 11 is 5.70. The van der Waals surface area contributed by atoms with Crippen LogP contribution in [-0.2, 0) is 23.1 Å². The van der Waals surface area contributed by atoms with Crippen LogP contribution in [0.2, 0.25) is 5.02 Å². The number of aromatic nitrogens is 1. The molecule has 0 radical (unpaired) electrons. The fraction of sp³-hybridized carbons (Fsp3) is 0.250. The van der Waals surface area contributed by atoms with Gasteiger partial charge in [-0.3, -0.25) is 0 Å². The SMILES string of the molecule is Cc1cnc(CNS(=O)(=O)c2cc(F)c(Cl)c(CN)c2)o1. The Kier molecular flexibility index (Phi) is 4.62. The van der Waals surface area contributed by atoms with Crippen LogP contribution in [0.1, 0.15) is 17.2 Å². The van der Waals surface area contributed by atoms with Gasteiger partial charge in [-0.2, -0.15) is 0 Å². The summed E-state index contributed by atoms with van der Waals surface area (Å²) < 4.78 is 45.3. The molecular formula is C12H13ClFN3O3S. The van der Waals surface area contributed by atoms with Gasteiger partial charge >= 0.3 is 0 Å². The van der Waals surface area contributed by atoms with Crippen molar-refractivity contribution in [1.82, 2.24) is 9.71 Å². The van der Waals surface area contributed by atoms with Crippen LogP contribution >= 0.6 is 11.6 Å². The van der Waals surface area contributed by atoms with Gasteiger partial charge in [-0.05, 0) is 24.6 Å². The minimum absolute atomic E-state index is 0.0714. The van der Waals surface area contributed by atoms with E-state index < -0.39 is 15.8 Å². The topological polar surface area (TPSA) is 98.2 Å². The van der Waals surface area contributed by atoms with E-state index in [9.17, 15) is 12.8 Å². The molecule has 0 aliphatic heterocycles. The summed E-state index contributed by atoms with van der Waals surface area (Å²) in [5.41, 5.74) is 5.62. The maximum atomic E-state index is 13.6. The minimum Gasteiger partial charge on any atom is -0.445 e. The van der Waals surface area contributed by atoms with Gasteiger partial charge in [0, 0.05) is 6.54 Å². The van der Waals surface area contributed by atoms with Gasteiger partial charge in [0.25, 0.3) is 0 Å². The van der Waals surface area contributed by atoms with Gasteiger partial charge in [0.2, 0.25) is 15.9 Å². The molecule has 3 N–H and O–H groups in total. The summed E-state index contributed by atoms with van der Waals surface area (Å²) in [6.45, 7) is 1.48. The smallest absolute Gasteiger partial charge is 0.241 e. The molecule has 0 aliphatic carbocycles. The Morgan fingerprint density at radius 1 is 1.48 bits per heavy atom. The molecule has 0 bridgehead atoms. The van der Waals surface area contributed by atoms with Gasteiger partial charge in [0.1, 0.15) is 11.6 Å². The van der Waals surface area contributed by atoms with Crippen molar-refractivity contribution in [3.63, 3.8) is 0 Å². The fourth-order valence-electron chi connectivity index (χ4n) is 1.65. The summed E-state index contributed by atoms with van der Waals surface area (Å²) in [6, 6.07) is 2.07. The van der Waals surface area contributed by atoms with Crippen LogP contribution in [0.4, 0.5) is 4.39 Å². The predicted molar refractivity (Wildman–Crippen MR) is 74.6 cm³/mol. The van der Waals surface area contributed by atoms with Gasteiger partial charge < -0.3 is 10.2 Å². The maximum Gasteiger partial charge on any atom is 0.241 e. The molecule has 0 saturated carbocycles. The average Bonchev–Trinajstić information content (AvgIpc) is 2.85. The molecule has 114 valence electrons. The van der Waals surface area contributed by atoms with Gasteiger partial charge in [0.05, 0.1) is 22.7 Å². The molecule has 0 atom stereocenters. The first kappa shape index (κ1) is 15.9. The van der Waals surface area contributed by atoms with Crippen molar-refractivity contribution < 1.29 is 17.2 Å². The number of hydrogen-bond acceptors (Lipinski definition) is 5. The van der Waals surface area contributed by atoms with Crippen LogP contribution in [0.25, 0.3) is 0 Å². The second-order valence-corrected chi connectivity index (χ2v) is 6.42. The molecule has 0 fully saturated rings. The molecule has 0 unspecified atom stereocenters. The lowest BCUT2D eigenvalue weighted by molar-refractivity contribution is 0.463. The lowest BCUT2D eigenvalue weighted by Gasteiger charge is -2.09. The number of halogens is 2. The Hall–Kier alpha value is -1.48. The highest BCUT2D eigenvalue weighted by Crippen LogP contribution is 2.24. The Morgan fingerprint density at radius 2 is 2.19 bits per heavy atom. The zero-order chi connectivity index (χ0) is 15.6. The van der Waals surface area contributed by atoms with E-state index in [0.717, 1.165) is 6.07 Å². The number of nitrogens with two attached hydrogens (primary N) is 1. The molecule has 0 spiro atoms. The van der Waals surface area contributed by atoms with E-state index in [1.807, 2.05) is 0 Å². The zero-order valence-electron chi connectivity index (χ0n) is 11.1. The van der Waals surface area contributed by atoms with Gasteiger partial charge in [-0.1, -0.05) is 11.6 Å². The van der Waals surface area contributed by atoms with Crippen LogP contribution in [-0.4, -0.2) is 13.4 Å². The molecule has 2 aromatic rings. The Morgan fingerprint density at radius 3 is 2.76 bits per heavy atom. The summed E-state index contributed by atoms with van der Waals surface area (Å²) in [7, 11) is -3.93. The van der Waals surface area contributed by atoms with Crippen LogP contribution < -0.4 is 10.5 Å². The van der Waals surface area contributed by atoms with E-state index in [-0.39, 0.29) is 34.5 Å². The van der Waals surface area contributed by atoms with Crippen LogP contribution in [0.3, 0.4) is 0 Å². The normalized spacial score (nSPS) is 11.8. The Bertz CT molecular complexity index is 761. The van der Waals surface area contributed by atoms with Crippen molar-refractivity contribution in [2.24, 2.45) is 5.73 Å². The average molecular weight is 334 g/mol. The lowest BCUT2D eigenvalue weighted by atomic mass is 10.2. The van der Waals surface area contributed by atoms with Gasteiger partial charge in [-0.15, -0.1) is 0 Å². The summed E-state index contributed by atoms with van der Waals surface area (Å²) in [6.07, 6.45) is 1.47. The minimum atomic E-state index is -3.93. The third-order valence-corrected chi connectivity index (χ3v) is 4.49. The molecule has 1 heterocycles. The summed E-state index contributed by atoms with van der Waals surface area (Å²) in [5, 5.41) is -0.181. The van der Waals surface area contributed by atoms with Crippen molar-refractivity contribution in [2.75, 3.05) is 0 Å². The first-order valence-corrected chi connectivity index (χ1v) is 7.78. The first-order valence-electron chi connectivity index (χ1n) is 5.92. The predicted octanol–water partition coefficient (Wildman–Crippen LogP) is 1.71. The second-order valence-electron chi connectivity index (χ2n) is 4.27. The quantitative estimate of drug-likeness (QED) is 0.868. The zero-order valence-corrected chi connectivity index (χ0v) is 12.6. The van der Waals surface area contributed by atoms with Crippen molar-refractivity contribution >= 4 is 21.6 Å². The molecule has 0 aliphatic rings. The molecule has 1 aromatic carbocycles. The fourth-order valence-corrected chi connectivity index (χ4v) is 2.87. The number of oxazole rings is 1. The third kappa shape index (κ3) is 3.59. The number of benzene rings is 1. The summed E-state index contributed by atoms with van der Waals surface area (Å²) in [5.74, 6) is -0.0660. The van der Waals surface area contributed by atoms with E-state index in [1.165, 1.54) is 12.3 Å². The Labute approximate surface area is 126 Å². The highest BCUT2D eigenvalue weighted by molar-refractivity contribution is 7.89. The van der Waals surface area contributed by atoms with Crippen molar-refractivity contribution in [3.8, 4) is 0 Å². The molecule has 6 nitrogen and oxygen atoms in total. The number of aryl methyl sites for hydroxylation is 1. The van der Waals surface area contributed by atoms with Crippen molar-refractivity contribution in [3.05, 3.63) is 46.4 Å². The molecule has 1 aromatic heterocycles. The van der Waals surface area contributed by atoms with Gasteiger partial charge in [0.15, 0.2) is 0 Å². The molecule has 21 heavy (non-hydrogen) atoms. The van der Waals surface area contributed by atoms with Crippen molar-refractivity contribution in [2.45, 2.75) is 24.9 Å². The third-order valence-electron chi connectivity index (χ3n) is 2.69. The van der Waals surface area contributed by atoms with Crippen molar-refractivity contribution in [1.29, 1.82) is 0 Å². The van der Waals surface area contributed by atoms with Crippen LogP contribution in [0, 0.1) is 12.7 Å². The molecular weight excluding hydrogens is 321 g/mol. The molecule has 9 heteroatoms. The van der Waals surface area contributed by atoms with E-state index >= 15 is 0 Å². The molecule has 0 amide bonds. The standard InChI is InChI=1S/C12H13ClFN3O3S/c1-7-5-16-11(20-7)6-17-21(18,19)9-2-8(4-15)12(13)10(14)3-9/h2-3,5,17H,4,6,15H2,1H3. The van der Waals surface area contributed by atoms with Gasteiger partial charge in [-0.25, -0.2) is 22.5 Å². The molecule has 0 saturated heterocycles. The Balaban J connectivity index is 2.25. The van der Waals surface area contributed by atoms with Crippen LogP contribution in [0.15, 0.2) is 27.6 Å². The van der Waals surface area contributed by atoms with E-state index in [2.05, 4.69) is 9.71 Å². The van der Waals surface area contributed by atoms with E-state index in [0.29, 0.717) is 5.76 Å². The number of hydrogen-bond donors (Lipinski definition) is 2. The largest absolute Gasteiger partial charge is 0.445 e. The maximum absolute atomic E-state index is 13.6. The summed E-state index contributed by atoms with van der Waals surface area (Å²) in [4.78, 5) is 3.61. The van der Waals surface area contributed by atoms with Crippen LogP contribution in [0.5, 0.6) is 0 Å². The number of nitrogens with one attached hydrogen (secondary N) is 1. The van der Waals surface area contributed by atoms with E-state index in [1.54, 1.807) is 6.92 Å². The number of sulfonamides is 1. The molecule has 2 rings (SSSR count). The monoisotopic (exact) mass is 333 g/mol. The van der Waals surface area contributed by atoms with E-state index in [4.69, 9.17) is 21.8 Å². The highest BCUT2D eigenvalue weighted by Gasteiger charge is 2.19. The second kappa shape index (κ2) is 6.10. The highest BCUT2D eigenvalue weighted by atomic mass is 35.5. The number of nitrogens with zero attached hydrogens (tertiary/aromatic N) is 1.